The first-order valence-electron chi connectivity index (χ1n) is 9.57. The summed E-state index contributed by atoms with van der Waals surface area (Å²) >= 11 is 0. The van der Waals surface area contributed by atoms with Crippen LogP contribution in [0, 0.1) is 5.82 Å². The Balaban J connectivity index is 1.94. The van der Waals surface area contributed by atoms with Crippen LogP contribution in [0.4, 0.5) is 10.1 Å². The standard InChI is InChI=1S/C23H29FN2O2/c1-17(27)26(15-13-18-9-5-7-11-20(18)24)16-14-22(28)25-21-12-8-6-10-19(21)23(2,3)4/h5-12H,13-16H2,1-4H3,(H,25,28). The fourth-order valence-electron chi connectivity index (χ4n) is 3.08. The van der Waals surface area contributed by atoms with Crippen molar-refractivity contribution < 1.29 is 14.0 Å². The second-order valence-corrected chi connectivity index (χ2v) is 7.94. The van der Waals surface area contributed by atoms with Gasteiger partial charge >= 0.3 is 0 Å². The van der Waals surface area contributed by atoms with Crippen molar-refractivity contribution in [1.82, 2.24) is 4.90 Å². The molecule has 0 bridgehead atoms. The monoisotopic (exact) mass is 384 g/mol. The van der Waals surface area contributed by atoms with E-state index in [1.54, 1.807) is 23.1 Å². The van der Waals surface area contributed by atoms with Crippen LogP contribution in [-0.2, 0) is 21.4 Å². The lowest BCUT2D eigenvalue weighted by molar-refractivity contribution is -0.129. The van der Waals surface area contributed by atoms with Gasteiger partial charge in [0.25, 0.3) is 0 Å². The van der Waals surface area contributed by atoms with Crippen LogP contribution in [0.1, 0.15) is 45.2 Å². The summed E-state index contributed by atoms with van der Waals surface area (Å²) in [5, 5.41) is 2.96. The van der Waals surface area contributed by atoms with Crippen LogP contribution in [0.3, 0.4) is 0 Å². The number of carbonyl (C=O) groups excluding carboxylic acids is 2. The summed E-state index contributed by atoms with van der Waals surface area (Å²) in [6.45, 7) is 8.43. The van der Waals surface area contributed by atoms with Gasteiger partial charge in [-0.15, -0.1) is 0 Å². The molecular weight excluding hydrogens is 355 g/mol. The van der Waals surface area contributed by atoms with Crippen molar-refractivity contribution >= 4 is 17.5 Å². The minimum absolute atomic E-state index is 0.0882. The molecule has 0 atom stereocenters. The number of anilines is 1. The first-order valence-corrected chi connectivity index (χ1v) is 9.57. The van der Waals surface area contributed by atoms with Crippen LogP contribution in [0.2, 0.25) is 0 Å². The van der Waals surface area contributed by atoms with Crippen molar-refractivity contribution in [2.45, 2.75) is 46.0 Å². The Morgan fingerprint density at radius 3 is 2.29 bits per heavy atom. The molecule has 1 N–H and O–H groups in total. The van der Waals surface area contributed by atoms with Crippen LogP contribution in [0.5, 0.6) is 0 Å². The van der Waals surface area contributed by atoms with E-state index in [0.717, 1.165) is 11.3 Å². The van der Waals surface area contributed by atoms with Crippen molar-refractivity contribution in [2.24, 2.45) is 0 Å². The van der Waals surface area contributed by atoms with E-state index in [1.165, 1.54) is 13.0 Å². The van der Waals surface area contributed by atoms with Gasteiger partial charge in [0, 0.05) is 32.1 Å². The molecule has 0 aromatic heterocycles. The van der Waals surface area contributed by atoms with E-state index in [4.69, 9.17) is 0 Å². The highest BCUT2D eigenvalue weighted by Crippen LogP contribution is 2.29. The number of para-hydroxylation sites is 1. The predicted molar refractivity (Wildman–Crippen MR) is 111 cm³/mol. The SMILES string of the molecule is CC(=O)N(CCC(=O)Nc1ccccc1C(C)(C)C)CCc1ccccc1F. The van der Waals surface area contributed by atoms with Crippen molar-refractivity contribution in [2.75, 3.05) is 18.4 Å². The van der Waals surface area contributed by atoms with Gasteiger partial charge in [0.05, 0.1) is 0 Å². The zero-order valence-electron chi connectivity index (χ0n) is 17.1. The lowest BCUT2D eigenvalue weighted by Gasteiger charge is -2.24. The Hall–Kier alpha value is -2.69. The largest absolute Gasteiger partial charge is 0.342 e. The summed E-state index contributed by atoms with van der Waals surface area (Å²) in [6.07, 6.45) is 0.607. The Labute approximate surface area is 166 Å². The number of amides is 2. The first kappa shape index (κ1) is 21.6. The topological polar surface area (TPSA) is 49.4 Å². The maximum atomic E-state index is 13.8. The van der Waals surface area contributed by atoms with Gasteiger partial charge < -0.3 is 10.2 Å². The Morgan fingerprint density at radius 1 is 1.00 bits per heavy atom. The molecule has 150 valence electrons. The first-order chi connectivity index (χ1) is 13.2. The summed E-state index contributed by atoms with van der Waals surface area (Å²) in [5.74, 6) is -0.546. The molecule has 4 nitrogen and oxygen atoms in total. The number of benzene rings is 2. The molecule has 28 heavy (non-hydrogen) atoms. The van der Waals surface area contributed by atoms with Crippen molar-refractivity contribution in [3.05, 3.63) is 65.5 Å². The number of carbonyl (C=O) groups is 2. The third-order valence-corrected chi connectivity index (χ3v) is 4.67. The van der Waals surface area contributed by atoms with Crippen molar-refractivity contribution in [1.29, 1.82) is 0 Å². The highest BCUT2D eigenvalue weighted by molar-refractivity contribution is 5.92. The van der Waals surface area contributed by atoms with E-state index in [9.17, 15) is 14.0 Å². The maximum Gasteiger partial charge on any atom is 0.226 e. The highest BCUT2D eigenvalue weighted by atomic mass is 19.1. The number of rotatable bonds is 7. The molecular formula is C23H29FN2O2. The summed E-state index contributed by atoms with van der Waals surface area (Å²) in [5.41, 5.74) is 2.33. The molecule has 0 radical (unpaired) electrons. The van der Waals surface area contributed by atoms with Gasteiger partial charge in [0.1, 0.15) is 5.82 Å². The average Bonchev–Trinajstić information content (AvgIpc) is 2.62. The second kappa shape index (κ2) is 9.49. The number of nitrogens with zero attached hydrogens (tertiary/aromatic N) is 1. The van der Waals surface area contributed by atoms with Crippen LogP contribution >= 0.6 is 0 Å². The summed E-state index contributed by atoms with van der Waals surface area (Å²) in [6, 6.07) is 14.3. The molecule has 0 spiro atoms. The number of nitrogens with one attached hydrogen (secondary N) is 1. The smallest absolute Gasteiger partial charge is 0.226 e. The quantitative estimate of drug-likeness (QED) is 0.762. The van der Waals surface area contributed by atoms with E-state index < -0.39 is 0 Å². The van der Waals surface area contributed by atoms with E-state index in [2.05, 4.69) is 26.1 Å². The lowest BCUT2D eigenvalue weighted by Crippen LogP contribution is -2.34. The predicted octanol–water partition coefficient (Wildman–Crippen LogP) is 4.54. The second-order valence-electron chi connectivity index (χ2n) is 7.94. The van der Waals surface area contributed by atoms with Crippen LogP contribution < -0.4 is 5.32 Å². The minimum atomic E-state index is -0.275. The van der Waals surface area contributed by atoms with Gasteiger partial charge in [0.2, 0.25) is 11.8 Å². The van der Waals surface area contributed by atoms with E-state index >= 15 is 0 Å². The molecule has 0 saturated carbocycles. The molecule has 0 aliphatic rings. The van der Waals surface area contributed by atoms with Crippen LogP contribution in [0.15, 0.2) is 48.5 Å². The highest BCUT2D eigenvalue weighted by Gasteiger charge is 2.19. The summed E-state index contributed by atoms with van der Waals surface area (Å²) in [7, 11) is 0. The van der Waals surface area contributed by atoms with E-state index in [0.29, 0.717) is 25.1 Å². The zero-order valence-corrected chi connectivity index (χ0v) is 17.1. The van der Waals surface area contributed by atoms with Crippen molar-refractivity contribution in [3.63, 3.8) is 0 Å². The van der Waals surface area contributed by atoms with E-state index in [-0.39, 0.29) is 29.5 Å². The minimum Gasteiger partial charge on any atom is -0.342 e. The number of halogens is 1. The van der Waals surface area contributed by atoms with Gasteiger partial charge in [-0.2, -0.15) is 0 Å². The normalized spacial score (nSPS) is 11.2. The summed E-state index contributed by atoms with van der Waals surface area (Å²) in [4.78, 5) is 25.9. The summed E-state index contributed by atoms with van der Waals surface area (Å²) < 4.78 is 13.8. The molecule has 0 unspecified atom stereocenters. The Bertz CT molecular complexity index is 827. The van der Waals surface area contributed by atoms with Gasteiger partial charge in [-0.05, 0) is 35.1 Å². The zero-order chi connectivity index (χ0) is 20.7. The lowest BCUT2D eigenvalue weighted by atomic mass is 9.86. The number of hydrogen-bond acceptors (Lipinski definition) is 2. The Kier molecular flexibility index (Phi) is 7.32. The van der Waals surface area contributed by atoms with Crippen LogP contribution in [-0.4, -0.2) is 29.8 Å². The molecule has 2 rings (SSSR count). The molecule has 0 heterocycles. The van der Waals surface area contributed by atoms with Crippen molar-refractivity contribution in [3.8, 4) is 0 Å². The molecule has 5 heteroatoms. The molecule has 0 aliphatic heterocycles. The van der Waals surface area contributed by atoms with Gasteiger partial charge in [-0.25, -0.2) is 4.39 Å². The third kappa shape index (κ3) is 6.19. The number of hydrogen-bond donors (Lipinski definition) is 1. The van der Waals surface area contributed by atoms with Crippen LogP contribution in [0.25, 0.3) is 0 Å². The molecule has 0 saturated heterocycles. The average molecular weight is 384 g/mol. The third-order valence-electron chi connectivity index (χ3n) is 4.67. The molecule has 0 aliphatic carbocycles. The molecule has 2 aromatic carbocycles. The molecule has 2 amide bonds. The van der Waals surface area contributed by atoms with Gasteiger partial charge in [-0.3, -0.25) is 9.59 Å². The fraction of sp³-hybridized carbons (Fsp3) is 0.391. The van der Waals surface area contributed by atoms with E-state index in [1.807, 2.05) is 24.3 Å². The molecule has 2 aromatic rings. The maximum absolute atomic E-state index is 13.8. The van der Waals surface area contributed by atoms with Gasteiger partial charge in [-0.1, -0.05) is 57.2 Å². The van der Waals surface area contributed by atoms with Gasteiger partial charge in [0.15, 0.2) is 0 Å². The fourth-order valence-corrected chi connectivity index (χ4v) is 3.08. The Morgan fingerprint density at radius 2 is 1.64 bits per heavy atom. The molecule has 0 fully saturated rings.